The number of anilines is 2. The third kappa shape index (κ3) is 7.34. The van der Waals surface area contributed by atoms with Crippen molar-refractivity contribution >= 4 is 57.1 Å². The van der Waals surface area contributed by atoms with Gasteiger partial charge in [-0.2, -0.15) is 0 Å². The second kappa shape index (κ2) is 11.4. The normalized spacial score (nSPS) is 10.2. The highest BCUT2D eigenvalue weighted by molar-refractivity contribution is 7.80. The number of carbonyl (C=O) groups is 3. The molecule has 31 heavy (non-hydrogen) atoms. The molecule has 0 radical (unpaired) electrons. The standard InChI is InChI=1S/C21H26N4O4S2/c1-5-15-11-16(20(28)29-4)19(31-15)23-21(30)25-24-18(27)9-8-17(26)22-14-7-6-12(2)13(3)10-14/h6-7,10-11H,5,8-9H2,1-4H3,(H,22,26)(H,24,27)(H2,23,25,30). The summed E-state index contributed by atoms with van der Waals surface area (Å²) in [5, 5.41) is 6.30. The van der Waals surface area contributed by atoms with E-state index >= 15 is 0 Å². The third-order valence-corrected chi connectivity index (χ3v) is 5.85. The third-order valence-electron chi connectivity index (χ3n) is 4.45. The summed E-state index contributed by atoms with van der Waals surface area (Å²) in [6.07, 6.45) is 0.772. The Balaban J connectivity index is 1.78. The van der Waals surface area contributed by atoms with E-state index in [1.54, 1.807) is 6.07 Å². The first kappa shape index (κ1) is 24.3. The van der Waals surface area contributed by atoms with Crippen LogP contribution in [0.5, 0.6) is 0 Å². The first-order valence-corrected chi connectivity index (χ1v) is 10.9. The maximum atomic E-state index is 12.1. The van der Waals surface area contributed by atoms with Gasteiger partial charge in [0, 0.05) is 23.4 Å². The van der Waals surface area contributed by atoms with Crippen LogP contribution in [-0.2, 0) is 20.7 Å². The molecule has 0 aliphatic heterocycles. The molecular weight excluding hydrogens is 436 g/mol. The SMILES string of the molecule is CCc1cc(C(=O)OC)c(NC(=S)NNC(=O)CCC(=O)Nc2ccc(C)c(C)c2)s1. The van der Waals surface area contributed by atoms with E-state index in [0.29, 0.717) is 16.3 Å². The average Bonchev–Trinajstić information content (AvgIpc) is 3.15. The Labute approximate surface area is 190 Å². The molecule has 4 N–H and O–H groups in total. The molecule has 1 heterocycles. The molecule has 2 rings (SSSR count). The van der Waals surface area contributed by atoms with Crippen molar-refractivity contribution < 1.29 is 19.1 Å². The van der Waals surface area contributed by atoms with Crippen molar-refractivity contribution in [3.8, 4) is 0 Å². The number of thiophene rings is 1. The number of esters is 1. The molecule has 0 fully saturated rings. The summed E-state index contributed by atoms with van der Waals surface area (Å²) in [6, 6.07) is 7.38. The van der Waals surface area contributed by atoms with Gasteiger partial charge in [0.1, 0.15) is 5.00 Å². The Morgan fingerprint density at radius 2 is 1.71 bits per heavy atom. The van der Waals surface area contributed by atoms with Crippen LogP contribution in [0.3, 0.4) is 0 Å². The fourth-order valence-corrected chi connectivity index (χ4v) is 3.77. The second-order valence-electron chi connectivity index (χ2n) is 6.78. The van der Waals surface area contributed by atoms with Gasteiger partial charge in [-0.05, 0) is 61.8 Å². The number of hydrazine groups is 1. The van der Waals surface area contributed by atoms with E-state index in [0.717, 1.165) is 22.4 Å². The highest BCUT2D eigenvalue weighted by Gasteiger charge is 2.17. The molecule has 0 spiro atoms. The molecule has 0 bridgehead atoms. The first-order chi connectivity index (χ1) is 14.7. The van der Waals surface area contributed by atoms with Gasteiger partial charge in [-0.25, -0.2) is 4.79 Å². The van der Waals surface area contributed by atoms with Crippen molar-refractivity contribution in [1.82, 2.24) is 10.9 Å². The molecule has 10 heteroatoms. The van der Waals surface area contributed by atoms with Crippen molar-refractivity contribution in [3.05, 3.63) is 45.8 Å². The van der Waals surface area contributed by atoms with Crippen LogP contribution in [0.1, 0.15) is 46.1 Å². The fraction of sp³-hybridized carbons (Fsp3) is 0.333. The van der Waals surface area contributed by atoms with Crippen LogP contribution in [0.4, 0.5) is 10.7 Å². The summed E-state index contributed by atoms with van der Waals surface area (Å²) in [5.41, 5.74) is 8.30. The van der Waals surface area contributed by atoms with Gasteiger partial charge in [0.2, 0.25) is 11.8 Å². The number of hydrogen-bond donors (Lipinski definition) is 4. The summed E-state index contributed by atoms with van der Waals surface area (Å²) in [6.45, 7) is 5.94. The maximum absolute atomic E-state index is 12.1. The summed E-state index contributed by atoms with van der Waals surface area (Å²) in [7, 11) is 1.31. The summed E-state index contributed by atoms with van der Waals surface area (Å²) in [4.78, 5) is 37.0. The molecule has 2 amide bonds. The molecule has 0 unspecified atom stereocenters. The molecule has 0 saturated carbocycles. The van der Waals surface area contributed by atoms with E-state index in [9.17, 15) is 14.4 Å². The summed E-state index contributed by atoms with van der Waals surface area (Å²) in [5.74, 6) is -1.12. The van der Waals surface area contributed by atoms with Crippen molar-refractivity contribution in [3.63, 3.8) is 0 Å². The molecule has 166 valence electrons. The number of thiocarbonyl (C=S) groups is 1. The van der Waals surface area contributed by atoms with Crippen molar-refractivity contribution in [2.45, 2.75) is 40.0 Å². The zero-order valence-electron chi connectivity index (χ0n) is 17.9. The topological polar surface area (TPSA) is 109 Å². The van der Waals surface area contributed by atoms with E-state index in [4.69, 9.17) is 17.0 Å². The minimum atomic E-state index is -0.472. The van der Waals surface area contributed by atoms with Gasteiger partial charge < -0.3 is 15.4 Å². The van der Waals surface area contributed by atoms with Crippen LogP contribution in [-0.4, -0.2) is 30.0 Å². The number of rotatable bonds is 7. The second-order valence-corrected chi connectivity index (χ2v) is 8.32. The van der Waals surface area contributed by atoms with E-state index in [1.807, 2.05) is 39.0 Å². The molecule has 1 aromatic heterocycles. The molecule has 1 aromatic carbocycles. The molecule has 0 aliphatic rings. The van der Waals surface area contributed by atoms with Crippen LogP contribution in [0.2, 0.25) is 0 Å². The Morgan fingerprint density at radius 3 is 2.35 bits per heavy atom. The lowest BCUT2D eigenvalue weighted by Crippen LogP contribution is -2.43. The smallest absolute Gasteiger partial charge is 0.340 e. The number of ether oxygens (including phenoxy) is 1. The Hall–Kier alpha value is -2.98. The maximum Gasteiger partial charge on any atom is 0.340 e. The van der Waals surface area contributed by atoms with Gasteiger partial charge in [0.05, 0.1) is 12.7 Å². The Morgan fingerprint density at radius 1 is 1.00 bits per heavy atom. The predicted molar refractivity (Wildman–Crippen MR) is 126 cm³/mol. The van der Waals surface area contributed by atoms with Gasteiger partial charge in [0.15, 0.2) is 5.11 Å². The Bertz CT molecular complexity index is 988. The van der Waals surface area contributed by atoms with Crippen molar-refractivity contribution in [1.29, 1.82) is 0 Å². The zero-order valence-corrected chi connectivity index (χ0v) is 19.5. The Kier molecular flexibility index (Phi) is 8.95. The van der Waals surface area contributed by atoms with Crippen molar-refractivity contribution in [2.75, 3.05) is 17.7 Å². The summed E-state index contributed by atoms with van der Waals surface area (Å²) >= 11 is 6.54. The van der Waals surface area contributed by atoms with Crippen LogP contribution < -0.4 is 21.5 Å². The lowest BCUT2D eigenvalue weighted by molar-refractivity contribution is -0.124. The number of aryl methyl sites for hydroxylation is 3. The van der Waals surface area contributed by atoms with Crippen LogP contribution in [0, 0.1) is 13.8 Å². The molecule has 2 aromatic rings. The lowest BCUT2D eigenvalue weighted by Gasteiger charge is -2.11. The number of benzene rings is 1. The highest BCUT2D eigenvalue weighted by Crippen LogP contribution is 2.29. The number of hydrogen-bond acceptors (Lipinski definition) is 6. The van der Waals surface area contributed by atoms with E-state index < -0.39 is 11.9 Å². The van der Waals surface area contributed by atoms with Gasteiger partial charge in [-0.15, -0.1) is 11.3 Å². The molecular formula is C21H26N4O4S2. The van der Waals surface area contributed by atoms with Gasteiger partial charge in [-0.3, -0.25) is 20.4 Å². The quantitative estimate of drug-likeness (QED) is 0.283. The van der Waals surface area contributed by atoms with E-state index in [2.05, 4.69) is 21.5 Å². The largest absolute Gasteiger partial charge is 0.465 e. The molecule has 0 aliphatic carbocycles. The number of carbonyl (C=O) groups excluding carboxylic acids is 3. The number of nitrogens with one attached hydrogen (secondary N) is 4. The van der Waals surface area contributed by atoms with Gasteiger partial charge >= 0.3 is 5.97 Å². The van der Waals surface area contributed by atoms with Crippen LogP contribution in [0.25, 0.3) is 0 Å². The summed E-state index contributed by atoms with van der Waals surface area (Å²) < 4.78 is 4.78. The lowest BCUT2D eigenvalue weighted by atomic mass is 10.1. The number of methoxy groups -OCH3 is 1. The first-order valence-electron chi connectivity index (χ1n) is 9.67. The van der Waals surface area contributed by atoms with E-state index in [1.165, 1.54) is 18.4 Å². The molecule has 0 saturated heterocycles. The van der Waals surface area contributed by atoms with Crippen LogP contribution >= 0.6 is 23.6 Å². The zero-order chi connectivity index (χ0) is 23.0. The molecule has 0 atom stereocenters. The average molecular weight is 463 g/mol. The predicted octanol–water partition coefficient (Wildman–Crippen LogP) is 3.45. The minimum absolute atomic E-state index is 0.0152. The molecule has 8 nitrogen and oxygen atoms in total. The van der Waals surface area contributed by atoms with Crippen molar-refractivity contribution in [2.24, 2.45) is 0 Å². The van der Waals surface area contributed by atoms with Gasteiger partial charge in [0.25, 0.3) is 0 Å². The minimum Gasteiger partial charge on any atom is -0.465 e. The van der Waals surface area contributed by atoms with E-state index in [-0.39, 0.29) is 23.9 Å². The highest BCUT2D eigenvalue weighted by atomic mass is 32.1. The number of amides is 2. The van der Waals surface area contributed by atoms with Gasteiger partial charge in [-0.1, -0.05) is 13.0 Å². The van der Waals surface area contributed by atoms with Crippen LogP contribution in [0.15, 0.2) is 24.3 Å². The monoisotopic (exact) mass is 462 g/mol. The fourth-order valence-electron chi connectivity index (χ4n) is 2.56.